The van der Waals surface area contributed by atoms with Crippen LogP contribution in [0.15, 0.2) is 97.1 Å². The summed E-state index contributed by atoms with van der Waals surface area (Å²) >= 11 is 0. The van der Waals surface area contributed by atoms with Crippen molar-refractivity contribution >= 4 is 38.3 Å². The second-order valence-electron chi connectivity index (χ2n) is 12.5. The highest BCUT2D eigenvalue weighted by atomic mass is 16.6. The number of hydrogen-bond donors (Lipinski definition) is 0. The summed E-state index contributed by atoms with van der Waals surface area (Å²) in [7, 11) is 0. The Morgan fingerprint density at radius 2 is 1.35 bits per heavy atom. The topological polar surface area (TPSA) is 48.1 Å². The predicted octanol–water partition coefficient (Wildman–Crippen LogP) is 9.86. The number of para-hydroxylation sites is 1. The minimum absolute atomic E-state index is 0.0433. The first-order valence-electron chi connectivity index (χ1n) is 14.0. The third-order valence-electron chi connectivity index (χ3n) is 9.15. The van der Waals surface area contributed by atoms with Crippen molar-refractivity contribution in [3.05, 3.63) is 118 Å². The lowest BCUT2D eigenvalue weighted by Gasteiger charge is -2.41. The standard InChI is InChI=1S/C36H32N2O2/c1-35(2)18-19-36(3,4)30-22-33(38(39)40)27(21-29(30)35)24-15-16-31-28(20-24)34-26-13-9-8-10-23(26)14-17-32(34)37(31)25-11-6-5-7-12-25/h5-17,20-22H,18-19H2,1-4H3. The molecule has 0 fully saturated rings. The molecule has 0 spiro atoms. The molecule has 0 atom stereocenters. The van der Waals surface area contributed by atoms with Crippen molar-refractivity contribution in [2.24, 2.45) is 0 Å². The number of benzene rings is 5. The van der Waals surface area contributed by atoms with Crippen molar-refractivity contribution in [1.29, 1.82) is 0 Å². The second-order valence-corrected chi connectivity index (χ2v) is 12.5. The number of fused-ring (bicyclic) bond motifs is 6. The third kappa shape index (κ3) is 3.59. The van der Waals surface area contributed by atoms with Gasteiger partial charge in [-0.3, -0.25) is 10.1 Å². The average Bonchev–Trinajstić information content (AvgIpc) is 3.29. The first kappa shape index (κ1) is 24.6. The minimum Gasteiger partial charge on any atom is -0.309 e. The van der Waals surface area contributed by atoms with E-state index < -0.39 is 0 Å². The highest BCUT2D eigenvalue weighted by molar-refractivity contribution is 6.21. The molecular weight excluding hydrogens is 492 g/mol. The molecule has 0 saturated heterocycles. The average molecular weight is 525 g/mol. The van der Waals surface area contributed by atoms with Crippen LogP contribution in [0, 0.1) is 10.1 Å². The molecule has 0 unspecified atom stereocenters. The first-order chi connectivity index (χ1) is 19.2. The zero-order valence-electron chi connectivity index (χ0n) is 23.4. The van der Waals surface area contributed by atoms with Gasteiger partial charge in [-0.1, -0.05) is 82.3 Å². The summed E-state index contributed by atoms with van der Waals surface area (Å²) in [5.41, 5.74) is 7.24. The molecule has 7 rings (SSSR count). The van der Waals surface area contributed by atoms with E-state index in [-0.39, 0.29) is 21.4 Å². The zero-order chi connectivity index (χ0) is 27.8. The molecule has 1 aromatic heterocycles. The maximum Gasteiger partial charge on any atom is 0.277 e. The van der Waals surface area contributed by atoms with Gasteiger partial charge in [0, 0.05) is 22.5 Å². The Hall–Kier alpha value is -4.44. The molecule has 40 heavy (non-hydrogen) atoms. The van der Waals surface area contributed by atoms with Crippen molar-refractivity contribution in [3.63, 3.8) is 0 Å². The van der Waals surface area contributed by atoms with Crippen LogP contribution < -0.4 is 0 Å². The summed E-state index contributed by atoms with van der Waals surface area (Å²) in [6, 6.07) is 33.5. The molecule has 1 heterocycles. The van der Waals surface area contributed by atoms with Gasteiger partial charge < -0.3 is 4.57 Å². The fourth-order valence-electron chi connectivity index (χ4n) is 6.80. The Balaban J connectivity index is 1.57. The van der Waals surface area contributed by atoms with Gasteiger partial charge in [0.05, 0.1) is 21.5 Å². The highest BCUT2D eigenvalue weighted by Crippen LogP contribution is 2.49. The summed E-state index contributed by atoms with van der Waals surface area (Å²) in [6.45, 7) is 8.94. The number of nitrogens with zero attached hydrogens (tertiary/aromatic N) is 2. The molecule has 198 valence electrons. The zero-order valence-corrected chi connectivity index (χ0v) is 23.4. The van der Waals surface area contributed by atoms with E-state index in [0.717, 1.165) is 46.1 Å². The first-order valence-corrected chi connectivity index (χ1v) is 14.0. The number of rotatable bonds is 3. The normalized spacial score (nSPS) is 15.9. The highest BCUT2D eigenvalue weighted by Gasteiger charge is 2.39. The van der Waals surface area contributed by atoms with Crippen LogP contribution in [0.2, 0.25) is 0 Å². The predicted molar refractivity (Wildman–Crippen MR) is 166 cm³/mol. The van der Waals surface area contributed by atoms with Gasteiger partial charge >= 0.3 is 0 Å². The molecule has 0 saturated carbocycles. The summed E-state index contributed by atoms with van der Waals surface area (Å²) in [5.74, 6) is 0. The van der Waals surface area contributed by atoms with E-state index in [1.807, 2.05) is 12.1 Å². The fourth-order valence-corrected chi connectivity index (χ4v) is 6.80. The van der Waals surface area contributed by atoms with E-state index in [4.69, 9.17) is 0 Å². The fraction of sp³-hybridized carbons (Fsp3) is 0.222. The Kier molecular flexibility index (Phi) is 5.24. The van der Waals surface area contributed by atoms with Gasteiger partial charge in [-0.15, -0.1) is 0 Å². The van der Waals surface area contributed by atoms with E-state index in [0.29, 0.717) is 5.56 Å². The molecule has 0 bridgehead atoms. The van der Waals surface area contributed by atoms with Crippen LogP contribution in [0.25, 0.3) is 49.4 Å². The lowest BCUT2D eigenvalue weighted by molar-refractivity contribution is -0.384. The third-order valence-corrected chi connectivity index (χ3v) is 9.15. The summed E-state index contributed by atoms with van der Waals surface area (Å²) in [6.07, 6.45) is 2.07. The van der Waals surface area contributed by atoms with Crippen LogP contribution in [-0.2, 0) is 10.8 Å². The molecule has 0 N–H and O–H groups in total. The molecular formula is C36H32N2O2. The number of hydrogen-bond acceptors (Lipinski definition) is 2. The molecule has 1 aliphatic rings. The Bertz CT molecular complexity index is 1980. The van der Waals surface area contributed by atoms with Crippen LogP contribution in [-0.4, -0.2) is 9.49 Å². The van der Waals surface area contributed by atoms with Crippen molar-refractivity contribution in [2.75, 3.05) is 0 Å². The lowest BCUT2D eigenvalue weighted by atomic mass is 9.62. The van der Waals surface area contributed by atoms with E-state index >= 15 is 0 Å². The minimum atomic E-state index is -0.208. The summed E-state index contributed by atoms with van der Waals surface area (Å²) in [5, 5.41) is 17.1. The van der Waals surface area contributed by atoms with Gasteiger partial charge in [0.25, 0.3) is 5.69 Å². The van der Waals surface area contributed by atoms with Gasteiger partial charge in [0.2, 0.25) is 0 Å². The monoisotopic (exact) mass is 524 g/mol. The molecule has 6 aromatic rings. The van der Waals surface area contributed by atoms with Crippen molar-refractivity contribution < 1.29 is 4.92 Å². The summed E-state index contributed by atoms with van der Waals surface area (Å²) in [4.78, 5) is 12.3. The Morgan fingerprint density at radius 1 is 0.700 bits per heavy atom. The number of aromatic nitrogens is 1. The smallest absolute Gasteiger partial charge is 0.277 e. The van der Waals surface area contributed by atoms with E-state index in [1.54, 1.807) is 0 Å². The Morgan fingerprint density at radius 3 is 2.08 bits per heavy atom. The van der Waals surface area contributed by atoms with Crippen molar-refractivity contribution in [3.8, 4) is 16.8 Å². The lowest BCUT2D eigenvalue weighted by Crippen LogP contribution is -2.34. The SMILES string of the molecule is CC1(C)CCC(C)(C)c2cc([N+](=O)[O-])c(-c3ccc4c(c3)c3c5ccccc5ccc3n4-c3ccccc3)cc21. The van der Waals surface area contributed by atoms with E-state index in [2.05, 4.69) is 117 Å². The largest absolute Gasteiger partial charge is 0.309 e. The molecule has 0 radical (unpaired) electrons. The Labute approximate surface area is 234 Å². The van der Waals surface area contributed by atoms with Crippen LogP contribution in [0.1, 0.15) is 51.7 Å². The number of nitro groups is 1. The maximum atomic E-state index is 12.5. The molecule has 1 aliphatic carbocycles. The van der Waals surface area contributed by atoms with Crippen LogP contribution >= 0.6 is 0 Å². The molecule has 0 aliphatic heterocycles. The van der Waals surface area contributed by atoms with Crippen molar-refractivity contribution in [2.45, 2.75) is 51.4 Å². The maximum absolute atomic E-state index is 12.5. The van der Waals surface area contributed by atoms with E-state index in [1.165, 1.54) is 21.7 Å². The van der Waals surface area contributed by atoms with Gasteiger partial charge in [-0.2, -0.15) is 0 Å². The second kappa shape index (κ2) is 8.53. The van der Waals surface area contributed by atoms with Gasteiger partial charge in [0.15, 0.2) is 0 Å². The van der Waals surface area contributed by atoms with E-state index in [9.17, 15) is 10.1 Å². The molecule has 4 nitrogen and oxygen atoms in total. The van der Waals surface area contributed by atoms with Gasteiger partial charge in [0.1, 0.15) is 0 Å². The molecule has 5 aromatic carbocycles. The van der Waals surface area contributed by atoms with Gasteiger partial charge in [-0.25, -0.2) is 0 Å². The van der Waals surface area contributed by atoms with Gasteiger partial charge in [-0.05, 0) is 87.5 Å². The van der Waals surface area contributed by atoms with Crippen LogP contribution in [0.3, 0.4) is 0 Å². The quantitative estimate of drug-likeness (QED) is 0.171. The molecule has 4 heteroatoms. The van der Waals surface area contributed by atoms with Crippen LogP contribution in [0.5, 0.6) is 0 Å². The summed E-state index contributed by atoms with van der Waals surface area (Å²) < 4.78 is 2.30. The van der Waals surface area contributed by atoms with Crippen molar-refractivity contribution in [1.82, 2.24) is 4.57 Å². The molecule has 0 amide bonds. The number of nitro benzene ring substituents is 1. The van der Waals surface area contributed by atoms with Crippen LogP contribution in [0.4, 0.5) is 5.69 Å².